The summed E-state index contributed by atoms with van der Waals surface area (Å²) in [6.07, 6.45) is 3.81. The molecule has 0 amide bonds. The van der Waals surface area contributed by atoms with Crippen LogP contribution in [-0.2, 0) is 0 Å². The fraction of sp³-hybridized carbons (Fsp3) is 0. The fourth-order valence-electron chi connectivity index (χ4n) is 10.3. The average Bonchev–Trinajstić information content (AvgIpc) is 3.97. The van der Waals surface area contributed by atoms with Gasteiger partial charge in [-0.1, -0.05) is 146 Å². The molecule has 8 heteroatoms. The number of para-hydroxylation sites is 2. The van der Waals surface area contributed by atoms with Crippen LogP contribution in [0.5, 0.6) is 0 Å². The number of pyridine rings is 1. The van der Waals surface area contributed by atoms with E-state index in [1.54, 1.807) is 0 Å². The quantitative estimate of drug-likeness (QED) is 0.150. The molecule has 0 spiro atoms. The van der Waals surface area contributed by atoms with E-state index in [1.807, 2.05) is 122 Å². The molecular weight excluding hydrogens is 881 g/mol. The standard InChI is InChI=1S/C64H38N8/c65-38-46-19-7-9-21-48(46)43-27-30-58-52(35-43)50-23-11-13-25-56(50)71(58)60-32-29-45(64-69-62(41-15-3-1-4-16-41)68-63(70-64)42-17-5-2-6-18-42)37-54(60)55-40-67-34-33-61(55)72-57-26-14-12-24-51(57)53-36-44(28-31-59(53)72)49-22-10-8-20-47(49)39-66/h1-37,40H. The van der Waals surface area contributed by atoms with Gasteiger partial charge in [0.05, 0.1) is 56.7 Å². The molecule has 0 bridgehead atoms. The Kier molecular flexibility index (Phi) is 10.1. The first-order valence-corrected chi connectivity index (χ1v) is 23.7. The zero-order valence-corrected chi connectivity index (χ0v) is 38.5. The number of nitriles is 2. The summed E-state index contributed by atoms with van der Waals surface area (Å²) < 4.78 is 4.66. The van der Waals surface area contributed by atoms with E-state index < -0.39 is 0 Å². The summed E-state index contributed by atoms with van der Waals surface area (Å²) in [5, 5.41) is 24.5. The van der Waals surface area contributed by atoms with Gasteiger partial charge in [0.1, 0.15) is 0 Å². The third-order valence-corrected chi connectivity index (χ3v) is 13.6. The van der Waals surface area contributed by atoms with E-state index in [2.05, 4.69) is 130 Å². The zero-order chi connectivity index (χ0) is 48.1. The Hall–Kier alpha value is -10.3. The summed E-state index contributed by atoms with van der Waals surface area (Å²) >= 11 is 0. The number of aromatic nitrogens is 6. The Bertz CT molecular complexity index is 4310. The number of benzene rings is 9. The lowest BCUT2D eigenvalue weighted by molar-refractivity contribution is 1.07. The van der Waals surface area contributed by atoms with Crippen LogP contribution in [0.15, 0.2) is 231 Å². The van der Waals surface area contributed by atoms with Crippen molar-refractivity contribution in [1.82, 2.24) is 29.1 Å². The average molecular weight is 919 g/mol. The largest absolute Gasteiger partial charge is 0.309 e. The Balaban J connectivity index is 1.09. The molecule has 4 heterocycles. The molecule has 0 aliphatic carbocycles. The van der Waals surface area contributed by atoms with E-state index in [4.69, 9.17) is 19.9 Å². The second-order valence-corrected chi connectivity index (χ2v) is 17.6. The topological polar surface area (TPSA) is 109 Å². The Morgan fingerprint density at radius 2 is 0.750 bits per heavy atom. The third kappa shape index (κ3) is 6.98. The van der Waals surface area contributed by atoms with Crippen molar-refractivity contribution in [3.05, 3.63) is 242 Å². The smallest absolute Gasteiger partial charge is 0.164 e. The maximum absolute atomic E-state index is 10.1. The van der Waals surface area contributed by atoms with Gasteiger partial charge in [0.25, 0.3) is 0 Å². The van der Waals surface area contributed by atoms with E-state index in [1.165, 1.54) is 0 Å². The highest BCUT2D eigenvalue weighted by molar-refractivity contribution is 6.13. The molecule has 0 aliphatic rings. The molecule has 334 valence electrons. The van der Waals surface area contributed by atoms with Crippen molar-refractivity contribution in [2.75, 3.05) is 0 Å². The van der Waals surface area contributed by atoms with Gasteiger partial charge in [-0.15, -0.1) is 0 Å². The van der Waals surface area contributed by atoms with Gasteiger partial charge in [0.2, 0.25) is 0 Å². The van der Waals surface area contributed by atoms with Gasteiger partial charge >= 0.3 is 0 Å². The normalized spacial score (nSPS) is 11.3. The second kappa shape index (κ2) is 17.4. The van der Waals surface area contributed by atoms with E-state index in [9.17, 15) is 10.5 Å². The van der Waals surface area contributed by atoms with Crippen molar-refractivity contribution < 1.29 is 0 Å². The van der Waals surface area contributed by atoms with Crippen LogP contribution in [0.2, 0.25) is 0 Å². The van der Waals surface area contributed by atoms with E-state index >= 15 is 0 Å². The fourth-order valence-corrected chi connectivity index (χ4v) is 10.3. The minimum atomic E-state index is 0.533. The predicted molar refractivity (Wildman–Crippen MR) is 288 cm³/mol. The molecule has 0 N–H and O–H groups in total. The molecule has 8 nitrogen and oxygen atoms in total. The zero-order valence-electron chi connectivity index (χ0n) is 38.5. The van der Waals surface area contributed by atoms with E-state index in [0.29, 0.717) is 28.6 Å². The molecular formula is C64H38N8. The van der Waals surface area contributed by atoms with Crippen molar-refractivity contribution in [3.8, 4) is 91.1 Å². The summed E-state index contributed by atoms with van der Waals surface area (Å²) in [7, 11) is 0. The minimum Gasteiger partial charge on any atom is -0.309 e. The molecule has 13 aromatic rings. The number of fused-ring (bicyclic) bond motifs is 6. The molecule has 0 atom stereocenters. The third-order valence-electron chi connectivity index (χ3n) is 13.6. The Labute approximate surface area is 414 Å². The van der Waals surface area contributed by atoms with Crippen molar-refractivity contribution >= 4 is 43.6 Å². The number of rotatable bonds is 8. The van der Waals surface area contributed by atoms with Gasteiger partial charge in [0.15, 0.2) is 17.5 Å². The molecule has 0 aliphatic heterocycles. The first-order valence-electron chi connectivity index (χ1n) is 23.7. The van der Waals surface area contributed by atoms with Gasteiger partial charge < -0.3 is 9.13 Å². The van der Waals surface area contributed by atoms with Gasteiger partial charge in [-0.2, -0.15) is 10.5 Å². The highest BCUT2D eigenvalue weighted by Crippen LogP contribution is 2.43. The van der Waals surface area contributed by atoms with Crippen LogP contribution >= 0.6 is 0 Å². The molecule has 13 rings (SSSR count). The highest BCUT2D eigenvalue weighted by Gasteiger charge is 2.23. The maximum atomic E-state index is 10.1. The summed E-state index contributed by atoms with van der Waals surface area (Å²) in [5.41, 5.74) is 15.3. The number of hydrogen-bond acceptors (Lipinski definition) is 6. The van der Waals surface area contributed by atoms with Crippen LogP contribution in [0.25, 0.3) is 123 Å². The second-order valence-electron chi connectivity index (χ2n) is 17.6. The maximum Gasteiger partial charge on any atom is 0.164 e. The van der Waals surface area contributed by atoms with E-state index in [-0.39, 0.29) is 0 Å². The number of hydrogen-bond donors (Lipinski definition) is 0. The van der Waals surface area contributed by atoms with Crippen molar-refractivity contribution in [1.29, 1.82) is 10.5 Å². The van der Waals surface area contributed by atoms with E-state index in [0.717, 1.165) is 105 Å². The molecule has 0 saturated heterocycles. The minimum absolute atomic E-state index is 0.533. The van der Waals surface area contributed by atoms with Crippen molar-refractivity contribution in [3.63, 3.8) is 0 Å². The van der Waals surface area contributed by atoms with Crippen molar-refractivity contribution in [2.45, 2.75) is 0 Å². The van der Waals surface area contributed by atoms with Crippen LogP contribution in [0, 0.1) is 22.7 Å². The summed E-state index contributed by atoms with van der Waals surface area (Å²) in [6, 6.07) is 78.8. The Morgan fingerprint density at radius 3 is 1.28 bits per heavy atom. The number of nitrogens with zero attached hydrogens (tertiary/aromatic N) is 8. The lowest BCUT2D eigenvalue weighted by Gasteiger charge is -2.19. The van der Waals surface area contributed by atoms with Gasteiger partial charge in [0, 0.05) is 61.8 Å². The first-order chi connectivity index (χ1) is 35.6. The Morgan fingerprint density at radius 1 is 0.319 bits per heavy atom. The molecule has 0 unspecified atom stereocenters. The first kappa shape index (κ1) is 41.9. The monoisotopic (exact) mass is 918 g/mol. The van der Waals surface area contributed by atoms with Crippen LogP contribution in [0.4, 0.5) is 0 Å². The predicted octanol–water partition coefficient (Wildman–Crippen LogP) is 15.2. The molecule has 4 aromatic heterocycles. The van der Waals surface area contributed by atoms with Gasteiger partial charge in [-0.05, 0) is 95.1 Å². The van der Waals surface area contributed by atoms with Gasteiger partial charge in [-0.25, -0.2) is 15.0 Å². The summed E-state index contributed by atoms with van der Waals surface area (Å²) in [5.74, 6) is 1.68. The van der Waals surface area contributed by atoms with Gasteiger partial charge in [-0.3, -0.25) is 4.98 Å². The molecule has 0 radical (unpaired) electrons. The summed E-state index contributed by atoms with van der Waals surface area (Å²) in [4.78, 5) is 20.2. The molecule has 0 fully saturated rings. The van der Waals surface area contributed by atoms with Crippen molar-refractivity contribution in [2.24, 2.45) is 0 Å². The molecule has 0 saturated carbocycles. The van der Waals surface area contributed by atoms with Crippen LogP contribution in [0.1, 0.15) is 11.1 Å². The molecule has 9 aromatic carbocycles. The molecule has 72 heavy (non-hydrogen) atoms. The van der Waals surface area contributed by atoms with Crippen LogP contribution in [-0.4, -0.2) is 29.1 Å². The lowest BCUT2D eigenvalue weighted by atomic mass is 9.98. The highest BCUT2D eigenvalue weighted by atomic mass is 15.0. The van der Waals surface area contributed by atoms with Crippen LogP contribution < -0.4 is 0 Å². The SMILES string of the molecule is N#Cc1ccccc1-c1ccc2c(c1)c1ccccc1n2-c1ccncc1-c1cc(-c2nc(-c3ccccc3)nc(-c3ccccc3)n2)ccc1-n1c2ccccc2c2cc(-c3ccccc3C#N)ccc21. The summed E-state index contributed by atoms with van der Waals surface area (Å²) in [6.45, 7) is 0. The van der Waals surface area contributed by atoms with Crippen LogP contribution in [0.3, 0.4) is 0 Å². The lowest BCUT2D eigenvalue weighted by Crippen LogP contribution is -2.04.